The molecule has 0 spiro atoms. The Morgan fingerprint density at radius 1 is 1.15 bits per heavy atom. The van der Waals surface area contributed by atoms with Crippen LogP contribution in [0.25, 0.3) is 0 Å². The fourth-order valence-electron chi connectivity index (χ4n) is 1.61. The molecule has 0 saturated heterocycles. The van der Waals surface area contributed by atoms with Gasteiger partial charge in [-0.3, -0.25) is 14.6 Å². The second kappa shape index (κ2) is 6.16. The molecule has 0 saturated carbocycles. The quantitative estimate of drug-likeness (QED) is 0.912. The molecule has 0 fully saturated rings. The van der Waals surface area contributed by atoms with E-state index in [9.17, 15) is 9.59 Å². The lowest BCUT2D eigenvalue weighted by atomic mass is 10.2. The molecule has 2 aromatic rings. The summed E-state index contributed by atoms with van der Waals surface area (Å²) in [7, 11) is 0. The molecule has 0 aliphatic carbocycles. The van der Waals surface area contributed by atoms with E-state index in [1.165, 1.54) is 13.1 Å². The lowest BCUT2D eigenvalue weighted by Crippen LogP contribution is -2.15. The van der Waals surface area contributed by atoms with Gasteiger partial charge >= 0.3 is 0 Å². The summed E-state index contributed by atoms with van der Waals surface area (Å²) in [5, 5.41) is 5.79. The minimum atomic E-state index is -0.313. The van der Waals surface area contributed by atoms with E-state index in [1.807, 2.05) is 0 Å². The number of nitrogens with one attached hydrogen (secondary N) is 2. The Kier molecular flexibility index (Phi) is 4.32. The van der Waals surface area contributed by atoms with Gasteiger partial charge in [0.1, 0.15) is 0 Å². The number of anilines is 2. The Hall–Kier alpha value is -2.40. The van der Waals surface area contributed by atoms with Gasteiger partial charge in [-0.25, -0.2) is 0 Å². The Morgan fingerprint density at radius 3 is 2.60 bits per heavy atom. The molecule has 0 aliphatic rings. The van der Waals surface area contributed by atoms with E-state index in [4.69, 9.17) is 11.6 Å². The van der Waals surface area contributed by atoms with Crippen LogP contribution in [-0.2, 0) is 4.79 Å². The average Bonchev–Trinajstić information content (AvgIpc) is 2.42. The van der Waals surface area contributed by atoms with Crippen molar-refractivity contribution in [2.45, 2.75) is 6.92 Å². The molecule has 0 radical (unpaired) electrons. The molecule has 1 heterocycles. The van der Waals surface area contributed by atoms with E-state index in [0.717, 1.165) is 0 Å². The minimum Gasteiger partial charge on any atom is -0.324 e. The molecule has 1 aromatic carbocycles. The van der Waals surface area contributed by atoms with Crippen LogP contribution >= 0.6 is 11.6 Å². The molecule has 0 atom stereocenters. The molecule has 102 valence electrons. The van der Waals surface area contributed by atoms with Crippen LogP contribution in [0.1, 0.15) is 17.3 Å². The summed E-state index contributed by atoms with van der Waals surface area (Å²) in [6.07, 6.45) is 3.05. The van der Waals surface area contributed by atoms with E-state index >= 15 is 0 Å². The first kappa shape index (κ1) is 14.0. The molecular formula is C14H12ClN3O2. The average molecular weight is 290 g/mol. The van der Waals surface area contributed by atoms with Crippen LogP contribution in [0.15, 0.2) is 42.7 Å². The van der Waals surface area contributed by atoms with Crippen molar-refractivity contribution in [1.29, 1.82) is 0 Å². The van der Waals surface area contributed by atoms with Crippen molar-refractivity contribution in [2.75, 3.05) is 10.6 Å². The van der Waals surface area contributed by atoms with Crippen LogP contribution < -0.4 is 10.6 Å². The van der Waals surface area contributed by atoms with Crippen molar-refractivity contribution in [3.63, 3.8) is 0 Å². The van der Waals surface area contributed by atoms with E-state index < -0.39 is 0 Å². The lowest BCUT2D eigenvalue weighted by molar-refractivity contribution is -0.114. The summed E-state index contributed by atoms with van der Waals surface area (Å²) in [4.78, 5) is 27.1. The number of amides is 2. The monoisotopic (exact) mass is 289 g/mol. The summed E-state index contributed by atoms with van der Waals surface area (Å²) < 4.78 is 0. The SMILES string of the molecule is CC(=O)Nc1cc(Cl)ccc1NC(=O)c1cccnc1. The van der Waals surface area contributed by atoms with E-state index in [0.29, 0.717) is 22.0 Å². The summed E-state index contributed by atoms with van der Waals surface area (Å²) >= 11 is 5.88. The molecule has 5 nitrogen and oxygen atoms in total. The number of hydrogen-bond donors (Lipinski definition) is 2. The molecular weight excluding hydrogens is 278 g/mol. The third kappa shape index (κ3) is 3.55. The molecule has 0 unspecified atom stereocenters. The lowest BCUT2D eigenvalue weighted by Gasteiger charge is -2.11. The summed E-state index contributed by atoms with van der Waals surface area (Å²) in [6.45, 7) is 1.38. The molecule has 20 heavy (non-hydrogen) atoms. The number of halogens is 1. The van der Waals surface area contributed by atoms with Gasteiger partial charge in [0.05, 0.1) is 16.9 Å². The van der Waals surface area contributed by atoms with Gasteiger partial charge in [-0.2, -0.15) is 0 Å². The van der Waals surface area contributed by atoms with Gasteiger partial charge in [0.15, 0.2) is 0 Å². The summed E-state index contributed by atoms with van der Waals surface area (Å²) in [5.41, 5.74) is 1.34. The van der Waals surface area contributed by atoms with Gasteiger partial charge < -0.3 is 10.6 Å². The van der Waals surface area contributed by atoms with Crippen LogP contribution in [0.5, 0.6) is 0 Å². The smallest absolute Gasteiger partial charge is 0.257 e. The highest BCUT2D eigenvalue weighted by Gasteiger charge is 2.10. The Morgan fingerprint density at radius 2 is 1.95 bits per heavy atom. The molecule has 2 amide bonds. The molecule has 2 N–H and O–H groups in total. The van der Waals surface area contributed by atoms with Gasteiger partial charge in [0.25, 0.3) is 5.91 Å². The highest BCUT2D eigenvalue weighted by molar-refractivity contribution is 6.31. The number of nitrogens with zero attached hydrogens (tertiary/aromatic N) is 1. The fraction of sp³-hybridized carbons (Fsp3) is 0.0714. The molecule has 0 aliphatic heterocycles. The number of hydrogen-bond acceptors (Lipinski definition) is 3. The highest BCUT2D eigenvalue weighted by atomic mass is 35.5. The number of benzene rings is 1. The number of rotatable bonds is 3. The first-order valence-electron chi connectivity index (χ1n) is 5.85. The maximum absolute atomic E-state index is 12.0. The summed E-state index contributed by atoms with van der Waals surface area (Å²) in [6, 6.07) is 8.15. The standard InChI is InChI=1S/C14H12ClN3O2/c1-9(19)17-13-7-11(15)4-5-12(13)18-14(20)10-3-2-6-16-8-10/h2-8H,1H3,(H,17,19)(H,18,20). The number of pyridine rings is 1. The van der Waals surface area contributed by atoms with E-state index in [1.54, 1.807) is 36.5 Å². The second-order valence-corrected chi connectivity index (χ2v) is 4.50. The second-order valence-electron chi connectivity index (χ2n) is 4.07. The van der Waals surface area contributed by atoms with Crippen molar-refractivity contribution in [3.05, 3.63) is 53.3 Å². The Labute approximate surface area is 121 Å². The number of aromatic nitrogens is 1. The van der Waals surface area contributed by atoms with Gasteiger partial charge in [-0.15, -0.1) is 0 Å². The predicted octanol–water partition coefficient (Wildman–Crippen LogP) is 2.95. The van der Waals surface area contributed by atoms with Crippen molar-refractivity contribution < 1.29 is 9.59 Å². The van der Waals surface area contributed by atoms with Crippen LogP contribution in [0.4, 0.5) is 11.4 Å². The molecule has 1 aromatic heterocycles. The van der Waals surface area contributed by atoms with Crippen molar-refractivity contribution in [2.24, 2.45) is 0 Å². The topological polar surface area (TPSA) is 71.1 Å². The fourth-order valence-corrected chi connectivity index (χ4v) is 1.78. The predicted molar refractivity (Wildman–Crippen MR) is 77.9 cm³/mol. The zero-order valence-electron chi connectivity index (χ0n) is 10.7. The maximum Gasteiger partial charge on any atom is 0.257 e. The van der Waals surface area contributed by atoms with Crippen LogP contribution in [0.3, 0.4) is 0 Å². The normalized spacial score (nSPS) is 9.90. The third-order valence-corrected chi connectivity index (χ3v) is 2.70. The zero-order chi connectivity index (χ0) is 14.5. The number of carbonyl (C=O) groups is 2. The first-order valence-corrected chi connectivity index (χ1v) is 6.22. The van der Waals surface area contributed by atoms with Crippen molar-refractivity contribution in [1.82, 2.24) is 4.98 Å². The van der Waals surface area contributed by atoms with Gasteiger partial charge in [0.2, 0.25) is 5.91 Å². The molecule has 0 bridgehead atoms. The zero-order valence-corrected chi connectivity index (χ0v) is 11.4. The first-order chi connectivity index (χ1) is 9.56. The van der Waals surface area contributed by atoms with Crippen LogP contribution in [0.2, 0.25) is 5.02 Å². The maximum atomic E-state index is 12.0. The van der Waals surface area contributed by atoms with E-state index in [-0.39, 0.29) is 11.8 Å². The van der Waals surface area contributed by atoms with Gasteiger partial charge in [-0.1, -0.05) is 11.6 Å². The minimum absolute atomic E-state index is 0.246. The number of carbonyl (C=O) groups excluding carboxylic acids is 2. The summed E-state index contributed by atoms with van der Waals surface area (Å²) in [5.74, 6) is -0.559. The third-order valence-electron chi connectivity index (χ3n) is 2.46. The van der Waals surface area contributed by atoms with Gasteiger partial charge in [-0.05, 0) is 30.3 Å². The Balaban J connectivity index is 2.25. The largest absolute Gasteiger partial charge is 0.324 e. The van der Waals surface area contributed by atoms with Crippen molar-refractivity contribution in [3.8, 4) is 0 Å². The molecule has 6 heteroatoms. The molecule has 2 rings (SSSR count). The van der Waals surface area contributed by atoms with Crippen molar-refractivity contribution >= 4 is 34.8 Å². The Bertz CT molecular complexity index is 644. The van der Waals surface area contributed by atoms with Crippen LogP contribution in [-0.4, -0.2) is 16.8 Å². The van der Waals surface area contributed by atoms with Gasteiger partial charge in [0, 0.05) is 24.3 Å². The van der Waals surface area contributed by atoms with E-state index in [2.05, 4.69) is 15.6 Å². The van der Waals surface area contributed by atoms with Crippen LogP contribution in [0, 0.1) is 0 Å². The highest BCUT2D eigenvalue weighted by Crippen LogP contribution is 2.26.